The van der Waals surface area contributed by atoms with Crippen molar-refractivity contribution in [2.45, 2.75) is 0 Å². The van der Waals surface area contributed by atoms with Crippen molar-refractivity contribution in [3.8, 4) is 24.2 Å². The molecule has 0 aliphatic rings. The molecule has 0 aromatic heterocycles. The summed E-state index contributed by atoms with van der Waals surface area (Å²) in [5.74, 6) is 5.84. The van der Waals surface area contributed by atoms with Crippen molar-refractivity contribution < 1.29 is 19.8 Å². The Labute approximate surface area is 127 Å². The van der Waals surface area contributed by atoms with Crippen LogP contribution in [0.15, 0.2) is 42.5 Å². The Balaban J connectivity index is 2.42. The van der Waals surface area contributed by atoms with Crippen LogP contribution in [-0.4, -0.2) is 22.2 Å². The molecular formula is C18H10O4. The number of carboxylic acid groups (broad SMARTS) is 2. The van der Waals surface area contributed by atoms with E-state index < -0.39 is 11.9 Å². The Morgan fingerprint density at radius 1 is 0.818 bits per heavy atom. The lowest BCUT2D eigenvalue weighted by Crippen LogP contribution is -1.98. The number of benzene rings is 2. The lowest BCUT2D eigenvalue weighted by atomic mass is 10.1. The van der Waals surface area contributed by atoms with Gasteiger partial charge in [-0.3, -0.25) is 0 Å². The highest BCUT2D eigenvalue weighted by Crippen LogP contribution is 2.10. The summed E-state index contributed by atoms with van der Waals surface area (Å²) in [4.78, 5) is 21.9. The Morgan fingerprint density at radius 2 is 1.41 bits per heavy atom. The summed E-state index contributed by atoms with van der Waals surface area (Å²) in [7, 11) is 0. The van der Waals surface area contributed by atoms with Crippen LogP contribution in [0.1, 0.15) is 37.4 Å². The molecule has 0 aliphatic heterocycles. The van der Waals surface area contributed by atoms with Gasteiger partial charge < -0.3 is 10.2 Å². The van der Waals surface area contributed by atoms with E-state index in [1.807, 2.05) is 0 Å². The number of carbonyl (C=O) groups is 2. The molecule has 2 N–H and O–H groups in total. The van der Waals surface area contributed by atoms with Crippen LogP contribution in [0.2, 0.25) is 0 Å². The number of hydrogen-bond acceptors (Lipinski definition) is 2. The molecule has 0 heterocycles. The first-order chi connectivity index (χ1) is 10.5. The Hall–Kier alpha value is -3.50. The molecule has 0 spiro atoms. The normalized spacial score (nSPS) is 9.23. The first-order valence-corrected chi connectivity index (χ1v) is 6.20. The molecule has 2 aromatic carbocycles. The molecule has 0 fully saturated rings. The first kappa shape index (κ1) is 14.9. The topological polar surface area (TPSA) is 74.6 Å². The third-order valence-electron chi connectivity index (χ3n) is 2.81. The van der Waals surface area contributed by atoms with Crippen LogP contribution in [-0.2, 0) is 0 Å². The van der Waals surface area contributed by atoms with Gasteiger partial charge in [0.05, 0.1) is 11.1 Å². The van der Waals surface area contributed by atoms with E-state index in [2.05, 4.69) is 17.8 Å². The van der Waals surface area contributed by atoms with Crippen molar-refractivity contribution >= 4 is 11.9 Å². The SMILES string of the molecule is C#Cc1cc(C#Cc2cccc(C(=O)O)c2)cc(C(=O)O)c1. The third-order valence-corrected chi connectivity index (χ3v) is 2.81. The minimum atomic E-state index is -1.09. The van der Waals surface area contributed by atoms with Crippen LogP contribution in [0.3, 0.4) is 0 Å². The van der Waals surface area contributed by atoms with E-state index in [1.165, 1.54) is 24.3 Å². The minimum absolute atomic E-state index is 0.0547. The van der Waals surface area contributed by atoms with Gasteiger partial charge in [0.15, 0.2) is 0 Å². The van der Waals surface area contributed by atoms with Crippen molar-refractivity contribution in [3.63, 3.8) is 0 Å². The van der Waals surface area contributed by atoms with E-state index >= 15 is 0 Å². The minimum Gasteiger partial charge on any atom is -0.478 e. The summed E-state index contributed by atoms with van der Waals surface area (Å²) in [5.41, 5.74) is 1.58. The number of hydrogen-bond donors (Lipinski definition) is 2. The Morgan fingerprint density at radius 3 is 2.05 bits per heavy atom. The lowest BCUT2D eigenvalue weighted by Gasteiger charge is -1.98. The maximum Gasteiger partial charge on any atom is 0.335 e. The van der Waals surface area contributed by atoms with Gasteiger partial charge >= 0.3 is 11.9 Å². The molecule has 0 unspecified atom stereocenters. The molecule has 0 saturated heterocycles. The molecule has 4 nitrogen and oxygen atoms in total. The predicted octanol–water partition coefficient (Wildman–Crippen LogP) is 2.46. The molecule has 0 amide bonds. The number of rotatable bonds is 2. The van der Waals surface area contributed by atoms with Gasteiger partial charge in [-0.15, -0.1) is 6.42 Å². The fourth-order valence-electron chi connectivity index (χ4n) is 1.78. The second kappa shape index (κ2) is 6.30. The van der Waals surface area contributed by atoms with Crippen LogP contribution in [0.4, 0.5) is 0 Å². The monoisotopic (exact) mass is 290 g/mol. The van der Waals surface area contributed by atoms with E-state index in [1.54, 1.807) is 18.2 Å². The molecule has 0 bridgehead atoms. The van der Waals surface area contributed by atoms with Crippen LogP contribution < -0.4 is 0 Å². The van der Waals surface area contributed by atoms with Crippen LogP contribution >= 0.6 is 0 Å². The van der Waals surface area contributed by atoms with Gasteiger partial charge in [0.2, 0.25) is 0 Å². The number of terminal acetylenes is 1. The van der Waals surface area contributed by atoms with Gasteiger partial charge in [0, 0.05) is 16.7 Å². The predicted molar refractivity (Wildman–Crippen MR) is 80.7 cm³/mol. The van der Waals surface area contributed by atoms with Gasteiger partial charge in [-0.2, -0.15) is 0 Å². The number of carboxylic acids is 2. The lowest BCUT2D eigenvalue weighted by molar-refractivity contribution is 0.0686. The molecule has 0 radical (unpaired) electrons. The maximum absolute atomic E-state index is 11.0. The maximum atomic E-state index is 11.0. The highest BCUT2D eigenvalue weighted by atomic mass is 16.4. The van der Waals surface area contributed by atoms with Gasteiger partial charge in [0.25, 0.3) is 0 Å². The summed E-state index contributed by atoms with van der Waals surface area (Å²) >= 11 is 0. The van der Waals surface area contributed by atoms with Crippen molar-refractivity contribution in [2.24, 2.45) is 0 Å². The zero-order valence-electron chi connectivity index (χ0n) is 11.3. The Kier molecular flexibility index (Phi) is 4.27. The molecule has 2 aromatic rings. The second-order valence-electron chi connectivity index (χ2n) is 4.38. The van der Waals surface area contributed by atoms with Crippen LogP contribution in [0.25, 0.3) is 0 Å². The highest BCUT2D eigenvalue weighted by molar-refractivity contribution is 5.89. The largest absolute Gasteiger partial charge is 0.478 e. The molecule has 4 heteroatoms. The van der Waals surface area contributed by atoms with Gasteiger partial charge in [-0.05, 0) is 36.4 Å². The molecule has 22 heavy (non-hydrogen) atoms. The summed E-state index contributed by atoms with van der Waals surface area (Å²) < 4.78 is 0. The van der Waals surface area contributed by atoms with E-state index in [9.17, 15) is 9.59 Å². The van der Waals surface area contributed by atoms with Gasteiger partial charge in [-0.1, -0.05) is 23.8 Å². The highest BCUT2D eigenvalue weighted by Gasteiger charge is 2.05. The fraction of sp³-hybridized carbons (Fsp3) is 0. The zero-order chi connectivity index (χ0) is 16.1. The standard InChI is InChI=1S/C18H10O4/c1-2-12-8-14(11-16(9-12)18(21)22)7-6-13-4-3-5-15(10-13)17(19)20/h1,3-5,8-11H,(H,19,20)(H,21,22). The molecule has 106 valence electrons. The van der Waals surface area contributed by atoms with Crippen molar-refractivity contribution in [2.75, 3.05) is 0 Å². The van der Waals surface area contributed by atoms with Crippen molar-refractivity contribution in [3.05, 3.63) is 70.3 Å². The first-order valence-electron chi connectivity index (χ1n) is 6.20. The fourth-order valence-corrected chi connectivity index (χ4v) is 1.78. The van der Waals surface area contributed by atoms with Crippen molar-refractivity contribution in [1.82, 2.24) is 0 Å². The van der Waals surface area contributed by atoms with Crippen LogP contribution in [0.5, 0.6) is 0 Å². The summed E-state index contributed by atoms with van der Waals surface area (Å²) in [6.07, 6.45) is 5.29. The molecular weight excluding hydrogens is 280 g/mol. The molecule has 0 aliphatic carbocycles. The molecule has 0 saturated carbocycles. The average Bonchev–Trinajstić information content (AvgIpc) is 2.52. The van der Waals surface area contributed by atoms with Gasteiger partial charge in [-0.25, -0.2) is 9.59 Å². The van der Waals surface area contributed by atoms with Gasteiger partial charge in [0.1, 0.15) is 0 Å². The smallest absolute Gasteiger partial charge is 0.335 e. The van der Waals surface area contributed by atoms with E-state index in [-0.39, 0.29) is 11.1 Å². The van der Waals surface area contributed by atoms with E-state index in [0.717, 1.165) is 0 Å². The van der Waals surface area contributed by atoms with Crippen molar-refractivity contribution in [1.29, 1.82) is 0 Å². The second-order valence-corrected chi connectivity index (χ2v) is 4.38. The van der Waals surface area contributed by atoms with E-state index in [4.69, 9.17) is 16.6 Å². The number of aromatic carboxylic acids is 2. The molecule has 0 atom stereocenters. The van der Waals surface area contributed by atoms with E-state index in [0.29, 0.717) is 16.7 Å². The molecule has 2 rings (SSSR count). The Bertz CT molecular complexity index is 861. The quantitative estimate of drug-likeness (QED) is 0.833. The summed E-state index contributed by atoms with van der Waals surface area (Å²) in [6, 6.07) is 10.6. The summed E-state index contributed by atoms with van der Waals surface area (Å²) in [6.45, 7) is 0. The third kappa shape index (κ3) is 3.53. The van der Waals surface area contributed by atoms with Crippen LogP contribution in [0, 0.1) is 24.2 Å². The zero-order valence-corrected chi connectivity index (χ0v) is 11.3. The summed E-state index contributed by atoms with van der Waals surface area (Å²) in [5, 5.41) is 18.0. The average molecular weight is 290 g/mol.